The van der Waals surface area contributed by atoms with E-state index in [2.05, 4.69) is 5.32 Å². The molecule has 0 saturated heterocycles. The molecule has 1 rings (SSSR count). The van der Waals surface area contributed by atoms with Gasteiger partial charge < -0.3 is 5.32 Å². The van der Waals surface area contributed by atoms with E-state index in [1.165, 1.54) is 18.2 Å². The molecule has 0 unspecified atom stereocenters. The van der Waals surface area contributed by atoms with E-state index in [9.17, 15) is 17.6 Å². The van der Waals surface area contributed by atoms with Crippen LogP contribution in [0.5, 0.6) is 0 Å². The van der Waals surface area contributed by atoms with Gasteiger partial charge in [-0.15, -0.1) is 0 Å². The Hall–Kier alpha value is -1.63. The van der Waals surface area contributed by atoms with Crippen LogP contribution in [-0.4, -0.2) is 33.7 Å². The first-order chi connectivity index (χ1) is 9.86. The van der Waals surface area contributed by atoms with Gasteiger partial charge in [0.05, 0.1) is 11.9 Å². The number of hydrogen-bond donors (Lipinski definition) is 1. The van der Waals surface area contributed by atoms with Crippen LogP contribution in [0.4, 0.5) is 10.1 Å². The van der Waals surface area contributed by atoms with Crippen LogP contribution in [-0.2, 0) is 14.8 Å². The molecule has 118 valence electrons. The molecule has 1 N–H and O–H groups in total. The number of hydrogen-bond acceptors (Lipinski definition) is 3. The Morgan fingerprint density at radius 2 is 1.95 bits per heavy atom. The number of amides is 1. The molecule has 0 aliphatic rings. The molecule has 0 aliphatic carbocycles. The Balaban J connectivity index is 2.78. The molecule has 0 fully saturated rings. The van der Waals surface area contributed by atoms with Crippen molar-refractivity contribution in [2.75, 3.05) is 23.7 Å². The molecule has 0 bridgehead atoms. The zero-order valence-electron chi connectivity index (χ0n) is 12.3. The van der Waals surface area contributed by atoms with Gasteiger partial charge in [-0.3, -0.25) is 9.10 Å². The predicted octanol–water partition coefficient (Wildman–Crippen LogP) is 1.90. The molecule has 0 atom stereocenters. The summed E-state index contributed by atoms with van der Waals surface area (Å²) < 4.78 is 38.1. The first-order valence-electron chi connectivity index (χ1n) is 6.85. The standard InChI is InChI=1S/C14H21FN2O3S/c1-3-4-7-10-16-14(18)11-17(21(2,19)20)13-9-6-5-8-12(13)15/h5-6,8-9H,3-4,7,10-11H2,1-2H3,(H,16,18). The van der Waals surface area contributed by atoms with Gasteiger partial charge in [-0.25, -0.2) is 12.8 Å². The van der Waals surface area contributed by atoms with Crippen LogP contribution in [0.2, 0.25) is 0 Å². The van der Waals surface area contributed by atoms with E-state index in [1.807, 2.05) is 6.92 Å². The van der Waals surface area contributed by atoms with Gasteiger partial charge in [0.2, 0.25) is 15.9 Å². The lowest BCUT2D eigenvalue weighted by atomic mass is 10.2. The second-order valence-electron chi connectivity index (χ2n) is 4.78. The number of para-hydroxylation sites is 1. The van der Waals surface area contributed by atoms with Crippen LogP contribution in [0.3, 0.4) is 0 Å². The summed E-state index contributed by atoms with van der Waals surface area (Å²) in [6.07, 6.45) is 3.80. The van der Waals surface area contributed by atoms with Crippen molar-refractivity contribution in [3.63, 3.8) is 0 Å². The number of halogens is 1. The van der Waals surface area contributed by atoms with Gasteiger partial charge >= 0.3 is 0 Å². The lowest BCUT2D eigenvalue weighted by Crippen LogP contribution is -2.41. The number of carbonyl (C=O) groups excluding carboxylic acids is 1. The van der Waals surface area contributed by atoms with Crippen LogP contribution < -0.4 is 9.62 Å². The predicted molar refractivity (Wildman–Crippen MR) is 81.1 cm³/mol. The summed E-state index contributed by atoms with van der Waals surface area (Å²) in [7, 11) is -3.74. The number of unbranched alkanes of at least 4 members (excludes halogenated alkanes) is 2. The molecule has 0 saturated carbocycles. The van der Waals surface area contributed by atoms with Crippen molar-refractivity contribution in [2.24, 2.45) is 0 Å². The number of nitrogens with one attached hydrogen (secondary N) is 1. The Kier molecular flexibility index (Phi) is 6.61. The van der Waals surface area contributed by atoms with Crippen LogP contribution in [0, 0.1) is 5.82 Å². The lowest BCUT2D eigenvalue weighted by Gasteiger charge is -2.22. The van der Waals surface area contributed by atoms with Crippen molar-refractivity contribution in [1.82, 2.24) is 5.32 Å². The minimum atomic E-state index is -3.74. The number of rotatable bonds is 8. The summed E-state index contributed by atoms with van der Waals surface area (Å²) in [5, 5.41) is 2.64. The molecule has 0 aliphatic heterocycles. The zero-order valence-corrected chi connectivity index (χ0v) is 13.1. The van der Waals surface area contributed by atoms with Crippen LogP contribution in [0.15, 0.2) is 24.3 Å². The third-order valence-corrected chi connectivity index (χ3v) is 4.04. The number of anilines is 1. The molecule has 21 heavy (non-hydrogen) atoms. The zero-order chi connectivity index (χ0) is 15.9. The quantitative estimate of drug-likeness (QED) is 0.745. The van der Waals surface area contributed by atoms with Crippen molar-refractivity contribution >= 4 is 21.6 Å². The topological polar surface area (TPSA) is 66.5 Å². The van der Waals surface area contributed by atoms with E-state index in [0.717, 1.165) is 35.9 Å². The average molecular weight is 316 g/mol. The van der Waals surface area contributed by atoms with Crippen molar-refractivity contribution in [1.29, 1.82) is 0 Å². The molecular weight excluding hydrogens is 295 g/mol. The molecule has 0 spiro atoms. The number of carbonyl (C=O) groups is 1. The van der Waals surface area contributed by atoms with Crippen molar-refractivity contribution in [3.8, 4) is 0 Å². The molecule has 1 amide bonds. The largest absolute Gasteiger partial charge is 0.355 e. The van der Waals surface area contributed by atoms with Gasteiger partial charge in [0, 0.05) is 6.54 Å². The third kappa shape index (κ3) is 5.71. The summed E-state index contributed by atoms with van der Waals surface area (Å²) in [5.74, 6) is -1.12. The smallest absolute Gasteiger partial charge is 0.240 e. The third-order valence-electron chi connectivity index (χ3n) is 2.91. The highest BCUT2D eigenvalue weighted by Gasteiger charge is 2.23. The van der Waals surface area contributed by atoms with Gasteiger partial charge in [0.15, 0.2) is 0 Å². The van der Waals surface area contributed by atoms with E-state index in [1.54, 1.807) is 0 Å². The van der Waals surface area contributed by atoms with Crippen LogP contribution in [0.25, 0.3) is 0 Å². The Morgan fingerprint density at radius 1 is 1.29 bits per heavy atom. The Morgan fingerprint density at radius 3 is 2.52 bits per heavy atom. The Labute approximate surface area is 125 Å². The van der Waals surface area contributed by atoms with Gasteiger partial charge in [-0.1, -0.05) is 31.9 Å². The molecule has 1 aromatic rings. The molecule has 7 heteroatoms. The molecule has 1 aromatic carbocycles. The Bertz CT molecular complexity index is 575. The minimum absolute atomic E-state index is 0.122. The first-order valence-corrected chi connectivity index (χ1v) is 8.70. The molecule has 0 heterocycles. The summed E-state index contributed by atoms with van der Waals surface area (Å²) in [5.41, 5.74) is -0.122. The van der Waals surface area contributed by atoms with Crippen LogP contribution in [0.1, 0.15) is 26.2 Å². The monoisotopic (exact) mass is 316 g/mol. The molecule has 5 nitrogen and oxygen atoms in total. The molecule has 0 aromatic heterocycles. The number of benzene rings is 1. The van der Waals surface area contributed by atoms with E-state index in [0.29, 0.717) is 6.54 Å². The van der Waals surface area contributed by atoms with E-state index >= 15 is 0 Å². The fourth-order valence-corrected chi connectivity index (χ4v) is 2.68. The molecule has 0 radical (unpaired) electrons. The summed E-state index contributed by atoms with van der Waals surface area (Å²) in [4.78, 5) is 11.8. The minimum Gasteiger partial charge on any atom is -0.355 e. The van der Waals surface area contributed by atoms with Gasteiger partial charge in [0.25, 0.3) is 0 Å². The van der Waals surface area contributed by atoms with Gasteiger partial charge in [0.1, 0.15) is 12.4 Å². The van der Waals surface area contributed by atoms with Crippen molar-refractivity contribution in [2.45, 2.75) is 26.2 Å². The van der Waals surface area contributed by atoms with E-state index in [4.69, 9.17) is 0 Å². The normalized spacial score (nSPS) is 11.2. The molecular formula is C14H21FN2O3S. The first kappa shape index (κ1) is 17.4. The van der Waals surface area contributed by atoms with Crippen molar-refractivity contribution < 1.29 is 17.6 Å². The fourth-order valence-electron chi connectivity index (χ4n) is 1.82. The highest BCUT2D eigenvalue weighted by Crippen LogP contribution is 2.20. The second-order valence-corrected chi connectivity index (χ2v) is 6.68. The van der Waals surface area contributed by atoms with Gasteiger partial charge in [-0.2, -0.15) is 0 Å². The summed E-state index contributed by atoms with van der Waals surface area (Å²) in [6, 6.07) is 5.48. The maximum absolute atomic E-state index is 13.7. The second kappa shape index (κ2) is 7.97. The number of sulfonamides is 1. The summed E-state index contributed by atoms with van der Waals surface area (Å²) >= 11 is 0. The van der Waals surface area contributed by atoms with E-state index < -0.39 is 28.3 Å². The van der Waals surface area contributed by atoms with E-state index in [-0.39, 0.29) is 5.69 Å². The van der Waals surface area contributed by atoms with Crippen LogP contribution >= 0.6 is 0 Å². The fraction of sp³-hybridized carbons (Fsp3) is 0.500. The van der Waals surface area contributed by atoms with Gasteiger partial charge in [-0.05, 0) is 18.6 Å². The summed E-state index contributed by atoms with van der Waals surface area (Å²) in [6.45, 7) is 2.11. The number of nitrogens with zero attached hydrogens (tertiary/aromatic N) is 1. The SMILES string of the molecule is CCCCCNC(=O)CN(c1ccccc1F)S(C)(=O)=O. The highest BCUT2D eigenvalue weighted by atomic mass is 32.2. The van der Waals surface area contributed by atoms with Crippen molar-refractivity contribution in [3.05, 3.63) is 30.1 Å². The highest BCUT2D eigenvalue weighted by molar-refractivity contribution is 7.92. The maximum Gasteiger partial charge on any atom is 0.240 e. The average Bonchev–Trinajstić information content (AvgIpc) is 2.41. The maximum atomic E-state index is 13.7. The lowest BCUT2D eigenvalue weighted by molar-refractivity contribution is -0.119.